The van der Waals surface area contributed by atoms with Crippen molar-refractivity contribution < 1.29 is 0 Å². The number of unbranched alkanes of at least 4 members (excludes halogenated alkanes) is 9. The maximum absolute atomic E-state index is 4.71. The molecule has 0 radical (unpaired) electrons. The molecule has 0 saturated heterocycles. The Morgan fingerprint density at radius 1 is 0.704 bits per heavy atom. The van der Waals surface area contributed by atoms with Gasteiger partial charge in [0.1, 0.15) is 0 Å². The average Bonchev–Trinajstić information content (AvgIpc) is 2.68. The molecule has 0 spiro atoms. The van der Waals surface area contributed by atoms with Crippen LogP contribution in [0.2, 0.25) is 0 Å². The van der Waals surface area contributed by atoms with Gasteiger partial charge in [-0.25, -0.2) is 0 Å². The molecule has 0 unspecified atom stereocenters. The monoisotopic (exact) mass is 388 g/mol. The molecule has 0 fully saturated rings. The van der Waals surface area contributed by atoms with E-state index in [-0.39, 0.29) is 12.4 Å². The van der Waals surface area contributed by atoms with Crippen LogP contribution < -0.4 is 5.36 Å². The number of aromatic nitrogens is 1. The number of pyridine rings is 1. The Morgan fingerprint density at radius 2 is 1.26 bits per heavy atom. The Morgan fingerprint density at radius 3 is 1.85 bits per heavy atom. The minimum absolute atomic E-state index is 0. The van der Waals surface area contributed by atoms with E-state index in [9.17, 15) is 0 Å². The van der Waals surface area contributed by atoms with Gasteiger partial charge in [0, 0.05) is 25.5 Å². The van der Waals surface area contributed by atoms with Crippen LogP contribution in [0.25, 0.3) is 0 Å². The molecule has 1 aromatic heterocycles. The summed E-state index contributed by atoms with van der Waals surface area (Å²) in [5.74, 6) is 0. The first-order valence-electron chi connectivity index (χ1n) is 10.6. The second-order valence-electron chi connectivity index (χ2n) is 7.28. The lowest BCUT2D eigenvalue weighted by molar-refractivity contribution is 0.557. The predicted octanol–water partition coefficient (Wildman–Crippen LogP) is 6.78. The summed E-state index contributed by atoms with van der Waals surface area (Å²) < 4.78 is 2.20. The molecule has 2 aromatic rings. The SMILES string of the molecule is CCCCCCCCCCCCN=c1ccn(Cc2ccccc2)cc1.Cl. The fourth-order valence-corrected chi connectivity index (χ4v) is 3.26. The van der Waals surface area contributed by atoms with E-state index in [1.165, 1.54) is 69.8 Å². The molecule has 2 nitrogen and oxygen atoms in total. The molecule has 0 bridgehead atoms. The maximum atomic E-state index is 4.71. The highest BCUT2D eigenvalue weighted by Gasteiger charge is 1.93. The third kappa shape index (κ3) is 11.0. The van der Waals surface area contributed by atoms with Crippen molar-refractivity contribution in [1.29, 1.82) is 0 Å². The third-order valence-electron chi connectivity index (χ3n) is 4.89. The molecule has 1 heterocycles. The van der Waals surface area contributed by atoms with E-state index < -0.39 is 0 Å². The van der Waals surface area contributed by atoms with Gasteiger partial charge in [0.05, 0.1) is 5.36 Å². The summed E-state index contributed by atoms with van der Waals surface area (Å²) in [6, 6.07) is 14.8. The lowest BCUT2D eigenvalue weighted by Crippen LogP contribution is -2.07. The minimum atomic E-state index is 0. The Labute approximate surface area is 172 Å². The van der Waals surface area contributed by atoms with Gasteiger partial charge in [-0.05, 0) is 24.1 Å². The summed E-state index contributed by atoms with van der Waals surface area (Å²) in [7, 11) is 0. The Bertz CT molecular complexity index is 628. The summed E-state index contributed by atoms with van der Waals surface area (Å²) in [4.78, 5) is 4.71. The van der Waals surface area contributed by atoms with Gasteiger partial charge in [0.2, 0.25) is 0 Å². The number of halogens is 1. The van der Waals surface area contributed by atoms with E-state index in [4.69, 9.17) is 4.99 Å². The van der Waals surface area contributed by atoms with E-state index in [1.54, 1.807) is 0 Å². The van der Waals surface area contributed by atoms with Crippen LogP contribution in [0.15, 0.2) is 59.9 Å². The second-order valence-corrected chi connectivity index (χ2v) is 7.28. The van der Waals surface area contributed by atoms with Crippen molar-refractivity contribution >= 4 is 12.4 Å². The first kappa shape index (κ1) is 23.5. The highest BCUT2D eigenvalue weighted by Crippen LogP contribution is 2.10. The first-order valence-corrected chi connectivity index (χ1v) is 10.6. The van der Waals surface area contributed by atoms with Gasteiger partial charge in [-0.1, -0.05) is 95.0 Å². The van der Waals surface area contributed by atoms with Crippen molar-refractivity contribution in [1.82, 2.24) is 4.57 Å². The van der Waals surface area contributed by atoms with Gasteiger partial charge in [-0.2, -0.15) is 0 Å². The van der Waals surface area contributed by atoms with E-state index in [0.29, 0.717) is 0 Å². The standard InChI is InChI=1S/C24H36N2.ClH/c1-2-3-4-5-6-7-8-9-10-14-19-25-24-17-20-26(21-18-24)22-23-15-12-11-13-16-23;/h11-13,15-18,20-21H,2-10,14,19,22H2,1H3;1H. The van der Waals surface area contributed by atoms with Crippen LogP contribution in [-0.4, -0.2) is 11.1 Å². The molecular formula is C24H37ClN2. The normalized spacial score (nSPS) is 10.4. The fourth-order valence-electron chi connectivity index (χ4n) is 3.26. The van der Waals surface area contributed by atoms with Gasteiger partial charge >= 0.3 is 0 Å². The Balaban J connectivity index is 0.00000364. The zero-order valence-electron chi connectivity index (χ0n) is 17.0. The second kappa shape index (κ2) is 15.5. The molecule has 0 N–H and O–H groups in total. The molecule has 3 heteroatoms. The Hall–Kier alpha value is -1.54. The zero-order chi connectivity index (χ0) is 18.3. The van der Waals surface area contributed by atoms with Gasteiger partial charge in [-0.3, -0.25) is 4.99 Å². The van der Waals surface area contributed by atoms with Crippen molar-refractivity contribution in [3.63, 3.8) is 0 Å². The lowest BCUT2D eigenvalue weighted by Gasteiger charge is -2.05. The van der Waals surface area contributed by atoms with E-state index >= 15 is 0 Å². The molecule has 1 aromatic carbocycles. The highest BCUT2D eigenvalue weighted by molar-refractivity contribution is 5.85. The van der Waals surface area contributed by atoms with Gasteiger partial charge < -0.3 is 4.57 Å². The quantitative estimate of drug-likeness (QED) is 0.336. The number of hydrogen-bond donors (Lipinski definition) is 0. The van der Waals surface area contributed by atoms with Gasteiger partial charge in [0.25, 0.3) is 0 Å². The molecule has 2 rings (SSSR count). The molecule has 0 saturated carbocycles. The smallest absolute Gasteiger partial charge is 0.0603 e. The Kier molecular flexibility index (Phi) is 13.5. The van der Waals surface area contributed by atoms with Crippen LogP contribution in [0.5, 0.6) is 0 Å². The van der Waals surface area contributed by atoms with Crippen molar-refractivity contribution in [3.8, 4) is 0 Å². The summed E-state index contributed by atoms with van der Waals surface area (Å²) in [6.07, 6.45) is 18.0. The number of hydrogen-bond acceptors (Lipinski definition) is 1. The van der Waals surface area contributed by atoms with Crippen LogP contribution in [0, 0.1) is 0 Å². The molecule has 0 atom stereocenters. The van der Waals surface area contributed by atoms with Crippen molar-refractivity contribution in [3.05, 3.63) is 65.8 Å². The summed E-state index contributed by atoms with van der Waals surface area (Å²) >= 11 is 0. The van der Waals surface area contributed by atoms with Crippen molar-refractivity contribution in [2.24, 2.45) is 4.99 Å². The third-order valence-corrected chi connectivity index (χ3v) is 4.89. The molecule has 0 aliphatic heterocycles. The van der Waals surface area contributed by atoms with Crippen LogP contribution >= 0.6 is 12.4 Å². The van der Waals surface area contributed by atoms with Gasteiger partial charge in [0.15, 0.2) is 0 Å². The van der Waals surface area contributed by atoms with E-state index in [0.717, 1.165) is 18.4 Å². The largest absolute Gasteiger partial charge is 0.350 e. The van der Waals surface area contributed by atoms with E-state index in [2.05, 4.69) is 66.3 Å². The molecular weight excluding hydrogens is 352 g/mol. The van der Waals surface area contributed by atoms with E-state index in [1.807, 2.05) is 0 Å². The summed E-state index contributed by atoms with van der Waals surface area (Å²) in [6.45, 7) is 4.15. The zero-order valence-corrected chi connectivity index (χ0v) is 17.8. The van der Waals surface area contributed by atoms with Crippen LogP contribution in [-0.2, 0) is 6.54 Å². The number of rotatable bonds is 13. The molecule has 0 amide bonds. The summed E-state index contributed by atoms with van der Waals surface area (Å²) in [5.41, 5.74) is 1.33. The average molecular weight is 389 g/mol. The molecule has 27 heavy (non-hydrogen) atoms. The lowest BCUT2D eigenvalue weighted by atomic mass is 10.1. The first-order chi connectivity index (χ1) is 12.9. The topological polar surface area (TPSA) is 17.3 Å². The number of nitrogens with zero attached hydrogens (tertiary/aromatic N) is 2. The molecule has 0 aliphatic rings. The fraction of sp³-hybridized carbons (Fsp3) is 0.542. The van der Waals surface area contributed by atoms with Crippen molar-refractivity contribution in [2.75, 3.05) is 6.54 Å². The number of benzene rings is 1. The highest BCUT2D eigenvalue weighted by atomic mass is 35.5. The van der Waals surface area contributed by atoms with Crippen LogP contribution in [0.1, 0.15) is 76.7 Å². The maximum Gasteiger partial charge on any atom is 0.0603 e. The van der Waals surface area contributed by atoms with Crippen LogP contribution in [0.3, 0.4) is 0 Å². The van der Waals surface area contributed by atoms with Crippen molar-refractivity contribution in [2.45, 2.75) is 77.7 Å². The predicted molar refractivity (Wildman–Crippen MR) is 119 cm³/mol. The molecule has 0 aliphatic carbocycles. The van der Waals surface area contributed by atoms with Gasteiger partial charge in [-0.15, -0.1) is 12.4 Å². The minimum Gasteiger partial charge on any atom is -0.350 e. The molecule has 150 valence electrons. The van der Waals surface area contributed by atoms with Crippen LogP contribution in [0.4, 0.5) is 0 Å². The summed E-state index contributed by atoms with van der Waals surface area (Å²) in [5, 5.41) is 1.10.